The number of aryl methyl sites for hydroxylation is 1. The van der Waals surface area contributed by atoms with E-state index in [0.29, 0.717) is 26.4 Å². The molecule has 1 aromatic carbocycles. The van der Waals surface area contributed by atoms with Gasteiger partial charge in [-0.25, -0.2) is 4.79 Å². The van der Waals surface area contributed by atoms with Crippen LogP contribution in [0, 0.1) is 13.8 Å². The Labute approximate surface area is 157 Å². The van der Waals surface area contributed by atoms with E-state index in [1.54, 1.807) is 6.07 Å². The summed E-state index contributed by atoms with van der Waals surface area (Å²) in [7, 11) is 1.36. The Bertz CT molecular complexity index is 777. The zero-order chi connectivity index (χ0) is 17.1. The number of ether oxygens (including phenoxy) is 1. The van der Waals surface area contributed by atoms with E-state index in [1.165, 1.54) is 18.4 Å². The maximum atomic E-state index is 12.0. The minimum absolute atomic E-state index is 0.348. The number of hydrogen-bond donors (Lipinski definition) is 2. The zero-order valence-corrected chi connectivity index (χ0v) is 16.6. The molecule has 0 radical (unpaired) electrons. The highest BCUT2D eigenvalue weighted by molar-refractivity contribution is 9.10. The molecule has 0 aliphatic heterocycles. The molecule has 1 heterocycles. The van der Waals surface area contributed by atoms with Gasteiger partial charge in [0.15, 0.2) is 5.11 Å². The quantitative estimate of drug-likeness (QED) is 0.503. The van der Waals surface area contributed by atoms with E-state index >= 15 is 0 Å². The van der Waals surface area contributed by atoms with Gasteiger partial charge in [0.1, 0.15) is 5.00 Å². The summed E-state index contributed by atoms with van der Waals surface area (Å²) in [6.45, 7) is 3.82. The van der Waals surface area contributed by atoms with Crippen molar-refractivity contribution in [2.75, 3.05) is 17.7 Å². The Morgan fingerprint density at radius 3 is 2.65 bits per heavy atom. The molecule has 0 saturated carbocycles. The van der Waals surface area contributed by atoms with Gasteiger partial charge in [0.2, 0.25) is 0 Å². The second-order valence-electron chi connectivity index (χ2n) is 4.68. The summed E-state index contributed by atoms with van der Waals surface area (Å²) in [5.41, 5.74) is 2.06. The molecule has 122 valence electrons. The van der Waals surface area contributed by atoms with Crippen LogP contribution in [0.25, 0.3) is 0 Å². The first kappa shape index (κ1) is 18.2. The largest absolute Gasteiger partial charge is 0.465 e. The highest BCUT2D eigenvalue weighted by Crippen LogP contribution is 2.33. The van der Waals surface area contributed by atoms with Crippen LogP contribution in [0.5, 0.6) is 0 Å². The number of carbonyl (C=O) groups excluding carboxylic acids is 1. The van der Waals surface area contributed by atoms with Crippen molar-refractivity contribution >= 4 is 72.9 Å². The van der Waals surface area contributed by atoms with E-state index in [4.69, 9.17) is 28.6 Å². The lowest BCUT2D eigenvalue weighted by Crippen LogP contribution is -2.20. The summed E-state index contributed by atoms with van der Waals surface area (Å²) in [5, 5.41) is 7.60. The second-order valence-corrected chi connectivity index (χ2v) is 7.64. The van der Waals surface area contributed by atoms with Crippen LogP contribution in [0.1, 0.15) is 20.8 Å². The Hall–Kier alpha value is -1.15. The number of thiocarbonyl (C=S) groups is 1. The lowest BCUT2D eigenvalue weighted by atomic mass is 10.1. The molecule has 2 N–H and O–H groups in total. The van der Waals surface area contributed by atoms with Gasteiger partial charge >= 0.3 is 5.97 Å². The molecule has 2 aromatic rings. The van der Waals surface area contributed by atoms with Crippen LogP contribution in [-0.2, 0) is 4.74 Å². The molecular formula is C15H14BrClN2O2S2. The van der Waals surface area contributed by atoms with Crippen molar-refractivity contribution in [1.29, 1.82) is 0 Å². The summed E-state index contributed by atoms with van der Waals surface area (Å²) in [6, 6.07) is 5.44. The molecule has 1 aromatic heterocycles. The van der Waals surface area contributed by atoms with Crippen molar-refractivity contribution in [1.82, 2.24) is 0 Å². The van der Waals surface area contributed by atoms with Gasteiger partial charge in [-0.15, -0.1) is 11.3 Å². The third-order valence-corrected chi connectivity index (χ3v) is 5.31. The standard InChI is InChI=1S/C15H14BrClN2O2S2/c1-7-8(2)23-13(12(7)14(20)21-3)19-15(22)18-11-5-4-9(16)6-10(11)17/h4-6H,1-3H3,(H2,18,19,22). The van der Waals surface area contributed by atoms with E-state index in [-0.39, 0.29) is 5.97 Å². The van der Waals surface area contributed by atoms with Crippen LogP contribution in [0.2, 0.25) is 5.02 Å². The first-order valence-electron chi connectivity index (χ1n) is 6.54. The molecule has 0 fully saturated rings. The number of carbonyl (C=O) groups is 1. The van der Waals surface area contributed by atoms with Crippen LogP contribution in [0.4, 0.5) is 10.7 Å². The van der Waals surface area contributed by atoms with E-state index in [1.807, 2.05) is 26.0 Å². The van der Waals surface area contributed by atoms with Crippen LogP contribution >= 0.6 is 51.1 Å². The molecule has 0 spiro atoms. The SMILES string of the molecule is COC(=O)c1c(NC(=S)Nc2ccc(Br)cc2Cl)sc(C)c1C. The number of halogens is 2. The first-order chi connectivity index (χ1) is 10.8. The fourth-order valence-corrected chi connectivity index (χ4v) is 3.96. The normalized spacial score (nSPS) is 10.3. The highest BCUT2D eigenvalue weighted by atomic mass is 79.9. The summed E-state index contributed by atoms with van der Waals surface area (Å²) in [5.74, 6) is -0.390. The Balaban J connectivity index is 2.20. The minimum atomic E-state index is -0.390. The smallest absolute Gasteiger partial charge is 0.341 e. The number of hydrogen-bond acceptors (Lipinski definition) is 4. The molecule has 0 atom stereocenters. The number of methoxy groups -OCH3 is 1. The summed E-state index contributed by atoms with van der Waals surface area (Å²) in [4.78, 5) is 13.0. The molecule has 4 nitrogen and oxygen atoms in total. The Kier molecular flexibility index (Phi) is 6.02. The molecule has 0 bridgehead atoms. The lowest BCUT2D eigenvalue weighted by molar-refractivity contribution is 0.0601. The third kappa shape index (κ3) is 4.23. The van der Waals surface area contributed by atoms with Crippen LogP contribution in [-0.4, -0.2) is 18.2 Å². The maximum absolute atomic E-state index is 12.0. The minimum Gasteiger partial charge on any atom is -0.465 e. The molecule has 0 aliphatic rings. The average molecular weight is 434 g/mol. The summed E-state index contributed by atoms with van der Waals surface area (Å²) in [6.07, 6.45) is 0. The number of thiophene rings is 1. The van der Waals surface area contributed by atoms with Gasteiger partial charge < -0.3 is 15.4 Å². The topological polar surface area (TPSA) is 50.4 Å². The number of nitrogens with one attached hydrogen (secondary N) is 2. The molecule has 0 saturated heterocycles. The number of rotatable bonds is 3. The fourth-order valence-electron chi connectivity index (χ4n) is 1.91. The van der Waals surface area contributed by atoms with E-state index in [9.17, 15) is 4.79 Å². The molecule has 2 rings (SSSR count). The van der Waals surface area contributed by atoms with Crippen molar-refractivity contribution in [2.24, 2.45) is 0 Å². The summed E-state index contributed by atoms with van der Waals surface area (Å²) >= 11 is 16.3. The van der Waals surface area contributed by atoms with Gasteiger partial charge in [0.25, 0.3) is 0 Å². The van der Waals surface area contributed by atoms with Gasteiger partial charge in [0, 0.05) is 9.35 Å². The highest BCUT2D eigenvalue weighted by Gasteiger charge is 2.20. The predicted octanol–water partition coefficient (Wildman–Crippen LogP) is 5.38. The van der Waals surface area contributed by atoms with Crippen molar-refractivity contribution in [3.05, 3.63) is 43.7 Å². The van der Waals surface area contributed by atoms with E-state index < -0.39 is 0 Å². The fraction of sp³-hybridized carbons (Fsp3) is 0.200. The molecular weight excluding hydrogens is 420 g/mol. The lowest BCUT2D eigenvalue weighted by Gasteiger charge is -2.12. The van der Waals surface area contributed by atoms with Crippen molar-refractivity contribution in [2.45, 2.75) is 13.8 Å². The second kappa shape index (κ2) is 7.61. The molecule has 0 unspecified atom stereocenters. The van der Waals surface area contributed by atoms with Gasteiger partial charge in [-0.2, -0.15) is 0 Å². The number of anilines is 2. The summed E-state index contributed by atoms with van der Waals surface area (Å²) < 4.78 is 5.72. The van der Waals surface area contributed by atoms with Gasteiger partial charge in [-0.3, -0.25) is 0 Å². The predicted molar refractivity (Wildman–Crippen MR) is 104 cm³/mol. The van der Waals surface area contributed by atoms with Crippen LogP contribution in [0.15, 0.2) is 22.7 Å². The average Bonchev–Trinajstić information content (AvgIpc) is 2.76. The monoisotopic (exact) mass is 432 g/mol. The van der Waals surface area contributed by atoms with Crippen molar-refractivity contribution < 1.29 is 9.53 Å². The molecule has 0 aliphatic carbocycles. The van der Waals surface area contributed by atoms with E-state index in [0.717, 1.165) is 14.9 Å². The first-order valence-corrected chi connectivity index (χ1v) is 8.94. The molecule has 8 heteroatoms. The number of benzene rings is 1. The Morgan fingerprint density at radius 2 is 2.04 bits per heavy atom. The Morgan fingerprint density at radius 1 is 1.35 bits per heavy atom. The van der Waals surface area contributed by atoms with Gasteiger partial charge in [0.05, 0.1) is 23.4 Å². The zero-order valence-electron chi connectivity index (χ0n) is 12.6. The van der Waals surface area contributed by atoms with Crippen molar-refractivity contribution in [3.63, 3.8) is 0 Å². The van der Waals surface area contributed by atoms with Gasteiger partial charge in [-0.1, -0.05) is 27.5 Å². The van der Waals surface area contributed by atoms with Crippen molar-refractivity contribution in [3.8, 4) is 0 Å². The van der Waals surface area contributed by atoms with E-state index in [2.05, 4.69) is 26.6 Å². The molecule has 0 amide bonds. The van der Waals surface area contributed by atoms with Crippen LogP contribution < -0.4 is 10.6 Å². The van der Waals surface area contributed by atoms with Gasteiger partial charge in [-0.05, 0) is 49.8 Å². The molecule has 23 heavy (non-hydrogen) atoms. The number of esters is 1. The van der Waals surface area contributed by atoms with Crippen LogP contribution in [0.3, 0.4) is 0 Å². The third-order valence-electron chi connectivity index (χ3n) is 3.18. The maximum Gasteiger partial charge on any atom is 0.341 e.